The van der Waals surface area contributed by atoms with Crippen LogP contribution in [0.25, 0.3) is 0 Å². The third kappa shape index (κ3) is 0.904. The van der Waals surface area contributed by atoms with Gasteiger partial charge in [0, 0.05) is 0 Å². The van der Waals surface area contributed by atoms with Crippen molar-refractivity contribution < 1.29 is 5.11 Å². The molecule has 1 rings (SSSR count). The first-order valence-electron chi connectivity index (χ1n) is 2.36. The van der Waals surface area contributed by atoms with E-state index in [4.69, 9.17) is 0 Å². The van der Waals surface area contributed by atoms with Crippen molar-refractivity contribution in [3.8, 4) is 0 Å². The second-order valence-corrected chi connectivity index (χ2v) is 1.60. The molecular formula is C6H7O. The molecule has 0 heterocycles. The number of allylic oxidation sites excluding steroid dienone is 3. The summed E-state index contributed by atoms with van der Waals surface area (Å²) >= 11 is 0. The van der Waals surface area contributed by atoms with E-state index in [1.54, 1.807) is 0 Å². The molecule has 0 aromatic carbocycles. The van der Waals surface area contributed by atoms with Gasteiger partial charge in [-0.05, 0) is 12.0 Å². The van der Waals surface area contributed by atoms with Crippen LogP contribution in [0.4, 0.5) is 0 Å². The smallest absolute Gasteiger partial charge is 0.104 e. The van der Waals surface area contributed by atoms with E-state index in [1.165, 1.54) is 0 Å². The predicted molar refractivity (Wildman–Crippen MR) is 27.4 cm³/mol. The maximum Gasteiger partial charge on any atom is 0.104 e. The molecule has 1 aliphatic rings. The van der Waals surface area contributed by atoms with Crippen molar-refractivity contribution in [1.29, 1.82) is 0 Å². The molecule has 0 bridgehead atoms. The Labute approximate surface area is 43.0 Å². The van der Waals surface area contributed by atoms with Gasteiger partial charge < -0.3 is 0 Å². The average Bonchev–Trinajstić information content (AvgIpc) is 2.14. The maximum atomic E-state index is 10.0. The highest BCUT2D eigenvalue weighted by Crippen LogP contribution is 2.07. The van der Waals surface area contributed by atoms with Crippen LogP contribution in [0.15, 0.2) is 23.8 Å². The van der Waals surface area contributed by atoms with Gasteiger partial charge in [0.15, 0.2) is 0 Å². The van der Waals surface area contributed by atoms with Crippen molar-refractivity contribution in [2.24, 2.45) is 0 Å². The van der Waals surface area contributed by atoms with E-state index >= 15 is 0 Å². The van der Waals surface area contributed by atoms with Crippen LogP contribution in [0.3, 0.4) is 0 Å². The Balaban J connectivity index is 2.45. The highest BCUT2D eigenvalue weighted by Gasteiger charge is 1.94. The van der Waals surface area contributed by atoms with E-state index in [2.05, 4.69) is 0 Å². The van der Waals surface area contributed by atoms with Crippen molar-refractivity contribution in [1.82, 2.24) is 0 Å². The lowest BCUT2D eigenvalue weighted by Gasteiger charge is -1.85. The van der Waals surface area contributed by atoms with Gasteiger partial charge in [0.2, 0.25) is 0 Å². The van der Waals surface area contributed by atoms with Crippen LogP contribution < -0.4 is 0 Å². The van der Waals surface area contributed by atoms with E-state index in [9.17, 15) is 5.11 Å². The summed E-state index contributed by atoms with van der Waals surface area (Å²) < 4.78 is 0. The fraction of sp³-hybridized carbons (Fsp3) is 0.333. The standard InChI is InChI=1S/C6H7O/c7-5-6-3-1-2-4-6/h1-3H,4-5H2. The Kier molecular flexibility index (Phi) is 1.27. The molecular weight excluding hydrogens is 88.1 g/mol. The summed E-state index contributed by atoms with van der Waals surface area (Å²) in [5.74, 6) is 0. The van der Waals surface area contributed by atoms with Crippen LogP contribution in [0.1, 0.15) is 6.42 Å². The molecule has 0 aliphatic heterocycles. The van der Waals surface area contributed by atoms with Gasteiger partial charge in [0.05, 0.1) is 0 Å². The third-order valence-corrected chi connectivity index (χ3v) is 1.03. The van der Waals surface area contributed by atoms with E-state index in [0.29, 0.717) is 0 Å². The molecule has 0 saturated carbocycles. The third-order valence-electron chi connectivity index (χ3n) is 1.03. The topological polar surface area (TPSA) is 19.9 Å². The monoisotopic (exact) mass is 95.0 g/mol. The van der Waals surface area contributed by atoms with E-state index in [0.717, 1.165) is 12.0 Å². The molecule has 1 radical (unpaired) electrons. The van der Waals surface area contributed by atoms with E-state index in [-0.39, 0.29) is 6.61 Å². The summed E-state index contributed by atoms with van der Waals surface area (Å²) in [6.45, 7) is -0.0347. The first-order valence-corrected chi connectivity index (χ1v) is 2.36. The molecule has 0 unspecified atom stereocenters. The van der Waals surface area contributed by atoms with Crippen molar-refractivity contribution in [3.05, 3.63) is 23.8 Å². The Morgan fingerprint density at radius 1 is 1.71 bits per heavy atom. The van der Waals surface area contributed by atoms with Crippen LogP contribution in [-0.4, -0.2) is 6.61 Å². The molecule has 0 fully saturated rings. The predicted octanol–water partition coefficient (Wildman–Crippen LogP) is 1.30. The zero-order valence-electron chi connectivity index (χ0n) is 4.05. The minimum Gasteiger partial charge on any atom is -0.232 e. The lowest BCUT2D eigenvalue weighted by atomic mass is 10.3. The van der Waals surface area contributed by atoms with Gasteiger partial charge in [-0.1, -0.05) is 18.2 Å². The first kappa shape index (κ1) is 4.60. The Bertz CT molecular complexity index is 111. The second kappa shape index (κ2) is 1.94. The quantitative estimate of drug-likeness (QED) is 0.468. The van der Waals surface area contributed by atoms with Gasteiger partial charge in [-0.15, -0.1) is 0 Å². The minimum absolute atomic E-state index is 0.0347. The largest absolute Gasteiger partial charge is 0.232 e. The minimum atomic E-state index is -0.0347. The molecule has 1 nitrogen and oxygen atoms in total. The molecule has 0 spiro atoms. The second-order valence-electron chi connectivity index (χ2n) is 1.60. The van der Waals surface area contributed by atoms with Crippen LogP contribution in [0.5, 0.6) is 0 Å². The van der Waals surface area contributed by atoms with E-state index < -0.39 is 0 Å². The summed E-state index contributed by atoms with van der Waals surface area (Å²) in [6, 6.07) is 0. The SMILES string of the molecule is [O]CC1=CC=CC1. The number of hydrogen-bond donors (Lipinski definition) is 0. The van der Waals surface area contributed by atoms with Crippen molar-refractivity contribution in [2.75, 3.05) is 6.61 Å². The van der Waals surface area contributed by atoms with E-state index in [1.807, 2.05) is 18.2 Å². The summed E-state index contributed by atoms with van der Waals surface area (Å²) in [7, 11) is 0. The Morgan fingerprint density at radius 3 is 2.86 bits per heavy atom. The molecule has 1 heteroatoms. The lowest BCUT2D eigenvalue weighted by Crippen LogP contribution is -1.80. The van der Waals surface area contributed by atoms with Gasteiger partial charge >= 0.3 is 0 Å². The number of rotatable bonds is 1. The summed E-state index contributed by atoms with van der Waals surface area (Å²) in [5, 5.41) is 10.0. The van der Waals surface area contributed by atoms with Gasteiger partial charge in [0.25, 0.3) is 0 Å². The molecule has 0 N–H and O–H groups in total. The summed E-state index contributed by atoms with van der Waals surface area (Å²) in [4.78, 5) is 0. The molecule has 0 atom stereocenters. The summed E-state index contributed by atoms with van der Waals surface area (Å²) in [5.41, 5.74) is 1.00. The molecule has 0 amide bonds. The highest BCUT2D eigenvalue weighted by atomic mass is 16.3. The number of hydrogen-bond acceptors (Lipinski definition) is 0. The van der Waals surface area contributed by atoms with Gasteiger partial charge in [0.1, 0.15) is 6.61 Å². The van der Waals surface area contributed by atoms with Crippen LogP contribution in [0.2, 0.25) is 0 Å². The highest BCUT2D eigenvalue weighted by molar-refractivity contribution is 5.22. The Hall–Kier alpha value is -0.560. The zero-order valence-corrected chi connectivity index (χ0v) is 4.05. The molecule has 0 aromatic heterocycles. The molecule has 7 heavy (non-hydrogen) atoms. The molecule has 0 aromatic rings. The fourth-order valence-electron chi connectivity index (χ4n) is 0.599. The van der Waals surface area contributed by atoms with Crippen LogP contribution >= 0.6 is 0 Å². The van der Waals surface area contributed by atoms with Crippen LogP contribution in [-0.2, 0) is 5.11 Å². The zero-order chi connectivity index (χ0) is 5.11. The molecule has 37 valence electrons. The molecule has 0 saturated heterocycles. The molecule has 1 aliphatic carbocycles. The lowest BCUT2D eigenvalue weighted by molar-refractivity contribution is 0.222. The van der Waals surface area contributed by atoms with Crippen molar-refractivity contribution in [2.45, 2.75) is 6.42 Å². The normalized spacial score (nSPS) is 17.6. The summed E-state index contributed by atoms with van der Waals surface area (Å²) in [6.07, 6.45) is 6.68. The van der Waals surface area contributed by atoms with Crippen molar-refractivity contribution in [3.63, 3.8) is 0 Å². The Morgan fingerprint density at radius 2 is 2.57 bits per heavy atom. The van der Waals surface area contributed by atoms with Crippen LogP contribution in [0, 0.1) is 0 Å². The van der Waals surface area contributed by atoms with Gasteiger partial charge in [-0.3, -0.25) is 0 Å². The average molecular weight is 95.1 g/mol. The first-order chi connectivity index (χ1) is 3.43. The van der Waals surface area contributed by atoms with Gasteiger partial charge in [-0.25, -0.2) is 5.11 Å². The van der Waals surface area contributed by atoms with Gasteiger partial charge in [-0.2, -0.15) is 0 Å². The fourth-order valence-corrected chi connectivity index (χ4v) is 0.599. The van der Waals surface area contributed by atoms with Crippen molar-refractivity contribution >= 4 is 0 Å². The maximum absolute atomic E-state index is 10.0.